The first kappa shape index (κ1) is 30.3. The zero-order valence-corrected chi connectivity index (χ0v) is 26.2. The number of fused-ring (bicyclic) bond motifs is 5. The summed E-state index contributed by atoms with van der Waals surface area (Å²) < 4.78 is 74.2. The van der Waals surface area contributed by atoms with E-state index in [1.165, 1.54) is 23.4 Å². The summed E-state index contributed by atoms with van der Waals surface area (Å²) in [6.45, 7) is -8.76. The van der Waals surface area contributed by atoms with Crippen LogP contribution in [0.5, 0.6) is 0 Å². The third kappa shape index (κ3) is 5.60. The molecule has 1 unspecified atom stereocenters. The quantitative estimate of drug-likeness (QED) is 0.210. The first-order valence-corrected chi connectivity index (χ1v) is 18.9. The summed E-state index contributed by atoms with van der Waals surface area (Å²) in [5.41, 5.74) is 7.48. The second kappa shape index (κ2) is 11.4. The smallest absolute Gasteiger partial charge is 0.364 e. The number of carbonyl (C=O) groups excluding carboxylic acids is 1. The van der Waals surface area contributed by atoms with Crippen LogP contribution >= 0.6 is 38.1 Å². The van der Waals surface area contributed by atoms with E-state index in [0.717, 1.165) is 5.56 Å². The number of nitrogens with two attached hydrogens (primary N) is 1. The van der Waals surface area contributed by atoms with Crippen molar-refractivity contribution in [3.63, 3.8) is 0 Å². The zero-order valence-electron chi connectivity index (χ0n) is 22.6. The number of primary amides is 1. The summed E-state index contributed by atoms with van der Waals surface area (Å²) in [5.74, 6) is -1.36. The Bertz CT molecular complexity index is 1850. The number of carbonyl (C=O) groups is 1. The Hall–Kier alpha value is -2.40. The predicted molar refractivity (Wildman–Crippen MR) is 158 cm³/mol. The average Bonchev–Trinajstić information content (AvgIpc) is 3.68. The fraction of sp³-hybridized carbons (Fsp3) is 0.458. The first-order valence-electron chi connectivity index (χ1n) is 13.5. The van der Waals surface area contributed by atoms with E-state index in [0.29, 0.717) is 23.2 Å². The van der Waals surface area contributed by atoms with Gasteiger partial charge in [-0.15, -0.1) is 0 Å². The standard InChI is InChI=1S/C24H26FN7O8P2S2/c25-18-20-17(39-24(18)32-11-29-19-22-28-3-4-31(22)10-30-23(19)32)9-38-41(34,43)37-8-15-13(7-36-42(35,44)40-20)5-14(15)12-1-2-27-16(6-12)21(26)33/h1-4,6,10-11,13-15,17-18,20,24H,5,7-9H2,(H2,26,33)(H,34,43)(H,35,44)/t13-,14+,15?,17-,18-,20-,24-,41+,42+/m1/s1. The molecule has 3 aliphatic rings. The molecule has 234 valence electrons. The van der Waals surface area contributed by atoms with Crippen molar-refractivity contribution in [3.05, 3.63) is 54.6 Å². The van der Waals surface area contributed by atoms with Crippen LogP contribution in [0.1, 0.15) is 34.6 Å². The average molecular weight is 686 g/mol. The number of hydrogen-bond donors (Lipinski definition) is 3. The lowest BCUT2D eigenvalue weighted by atomic mass is 9.63. The number of amides is 1. The lowest BCUT2D eigenvalue weighted by molar-refractivity contribution is -0.0407. The number of imidazole rings is 2. The van der Waals surface area contributed by atoms with Gasteiger partial charge in [0.05, 0.1) is 26.1 Å². The van der Waals surface area contributed by atoms with Crippen molar-refractivity contribution in [2.24, 2.45) is 17.6 Å². The lowest BCUT2D eigenvalue weighted by Crippen LogP contribution is -2.40. The van der Waals surface area contributed by atoms with E-state index in [2.05, 4.69) is 44.4 Å². The molecule has 0 spiro atoms. The maximum atomic E-state index is 16.1. The lowest BCUT2D eigenvalue weighted by Gasteiger charge is -2.45. The third-order valence-corrected chi connectivity index (χ3v) is 11.4. The van der Waals surface area contributed by atoms with Gasteiger partial charge in [-0.1, -0.05) is 24.5 Å². The van der Waals surface area contributed by atoms with E-state index >= 15 is 4.39 Å². The van der Waals surface area contributed by atoms with Crippen molar-refractivity contribution >= 4 is 60.8 Å². The number of halogens is 1. The first-order chi connectivity index (χ1) is 21.0. The molecule has 7 rings (SSSR count). The van der Waals surface area contributed by atoms with Crippen molar-refractivity contribution in [1.29, 1.82) is 0 Å². The van der Waals surface area contributed by atoms with Crippen LogP contribution in [0.25, 0.3) is 16.8 Å². The van der Waals surface area contributed by atoms with Gasteiger partial charge >= 0.3 is 13.6 Å². The van der Waals surface area contributed by atoms with Gasteiger partial charge < -0.3 is 19.5 Å². The molecule has 1 saturated carbocycles. The van der Waals surface area contributed by atoms with Gasteiger partial charge in [-0.25, -0.2) is 28.5 Å². The second-order valence-corrected chi connectivity index (χ2v) is 16.5. The Morgan fingerprint density at radius 1 is 1.00 bits per heavy atom. The van der Waals surface area contributed by atoms with Crippen molar-refractivity contribution in [2.45, 2.75) is 36.9 Å². The molecular weight excluding hydrogens is 659 g/mol. The second-order valence-electron chi connectivity index (χ2n) is 10.7. The minimum atomic E-state index is -4.15. The number of pyridine rings is 1. The summed E-state index contributed by atoms with van der Waals surface area (Å²) >= 11 is 8.25. The summed E-state index contributed by atoms with van der Waals surface area (Å²) in [6.07, 6.45) is 2.19. The van der Waals surface area contributed by atoms with Gasteiger partial charge in [0.1, 0.15) is 24.2 Å². The van der Waals surface area contributed by atoms with Crippen LogP contribution in [0.4, 0.5) is 4.39 Å². The molecule has 4 aromatic rings. The van der Waals surface area contributed by atoms with E-state index in [4.69, 9.17) is 28.6 Å². The molecule has 20 heteroatoms. The van der Waals surface area contributed by atoms with Crippen LogP contribution in [0.2, 0.25) is 0 Å². The molecule has 2 N–H and O–H groups in total. The van der Waals surface area contributed by atoms with Gasteiger partial charge in [-0.3, -0.25) is 27.8 Å². The normalized spacial score (nSPS) is 36.5. The molecule has 6 heterocycles. The number of nitrogens with zero attached hydrogens (tertiary/aromatic N) is 6. The monoisotopic (exact) mass is 685 g/mol. The highest BCUT2D eigenvalue weighted by Gasteiger charge is 2.52. The van der Waals surface area contributed by atoms with Gasteiger partial charge in [-0.05, 0) is 41.9 Å². The van der Waals surface area contributed by atoms with Gasteiger partial charge in [0.15, 0.2) is 29.2 Å². The Morgan fingerprint density at radius 2 is 1.80 bits per heavy atom. The molecule has 0 bridgehead atoms. The molecule has 4 aromatic heterocycles. The van der Waals surface area contributed by atoms with Crippen LogP contribution in [0.3, 0.4) is 0 Å². The maximum Gasteiger partial charge on any atom is 0.386 e. The fourth-order valence-corrected chi connectivity index (χ4v) is 8.62. The van der Waals surface area contributed by atoms with Crippen LogP contribution < -0.4 is 5.73 Å². The number of aromatic nitrogens is 6. The van der Waals surface area contributed by atoms with E-state index < -0.39 is 50.7 Å². The van der Waals surface area contributed by atoms with E-state index in [-0.39, 0.29) is 36.7 Å². The van der Waals surface area contributed by atoms with Crippen LogP contribution in [-0.2, 0) is 32.0 Å². The minimum Gasteiger partial charge on any atom is -0.364 e. The summed E-state index contributed by atoms with van der Waals surface area (Å²) in [5, 5.41) is 0. The number of rotatable bonds is 3. The highest BCUT2D eigenvalue weighted by molar-refractivity contribution is 8.44. The van der Waals surface area contributed by atoms with E-state index in [1.807, 2.05) is 0 Å². The van der Waals surface area contributed by atoms with Gasteiger partial charge in [0.2, 0.25) is 0 Å². The largest absolute Gasteiger partial charge is 0.386 e. The fourth-order valence-electron chi connectivity index (χ4n) is 5.92. The number of ether oxygens (including phenoxy) is 1. The Labute approximate surface area is 259 Å². The molecule has 1 aliphatic carbocycles. The molecule has 0 aromatic carbocycles. The molecule has 9 atom stereocenters. The molecule has 3 fully saturated rings. The third-order valence-electron chi connectivity index (χ3n) is 8.18. The highest BCUT2D eigenvalue weighted by Crippen LogP contribution is 2.61. The number of hydrogen-bond acceptors (Lipinski definition) is 12. The molecule has 2 saturated heterocycles. The maximum absolute atomic E-state index is 16.1. The van der Waals surface area contributed by atoms with Crippen molar-refractivity contribution < 1.29 is 41.1 Å². The summed E-state index contributed by atoms with van der Waals surface area (Å²) in [7, 11) is 0. The molecule has 2 aliphatic heterocycles. The van der Waals surface area contributed by atoms with Crippen molar-refractivity contribution in [2.75, 3.05) is 19.8 Å². The van der Waals surface area contributed by atoms with Gasteiger partial charge in [0.25, 0.3) is 5.91 Å². The van der Waals surface area contributed by atoms with Crippen LogP contribution in [0, 0.1) is 11.8 Å². The van der Waals surface area contributed by atoms with E-state index in [9.17, 15) is 13.9 Å². The van der Waals surface area contributed by atoms with Gasteiger partial charge in [-0.2, -0.15) is 0 Å². The minimum absolute atomic E-state index is 0.0658. The number of thiol groups is 2. The van der Waals surface area contributed by atoms with Crippen LogP contribution in [-0.4, -0.2) is 73.0 Å². The summed E-state index contributed by atoms with van der Waals surface area (Å²) in [6, 6.07) is 3.33. The SMILES string of the molecule is NC(=O)c1cc([C@@H]2C[C@@H]3CO[P@](=O)(S)O[C@H]4[C@@H](F)[C@H](n5cnc6c5ncn5ccnc65)O[C@@H]4CO[P@@](=O)(S)OCC32)ccn1. The Kier molecular flexibility index (Phi) is 7.87. The summed E-state index contributed by atoms with van der Waals surface area (Å²) in [4.78, 5) is 28.6. The van der Waals surface area contributed by atoms with Crippen molar-refractivity contribution in [3.8, 4) is 0 Å². The van der Waals surface area contributed by atoms with E-state index in [1.54, 1.807) is 28.9 Å². The highest BCUT2D eigenvalue weighted by atomic mass is 32.7. The van der Waals surface area contributed by atoms with Gasteiger partial charge in [0, 0.05) is 18.6 Å². The topological polar surface area (TPSA) is 184 Å². The Balaban J connectivity index is 1.13. The molecule has 44 heavy (non-hydrogen) atoms. The Morgan fingerprint density at radius 3 is 2.61 bits per heavy atom. The van der Waals surface area contributed by atoms with Crippen LogP contribution in [0.15, 0.2) is 43.4 Å². The van der Waals surface area contributed by atoms with Crippen molar-refractivity contribution in [1.82, 2.24) is 28.9 Å². The zero-order chi connectivity index (χ0) is 30.8. The molecular formula is C24H26FN7O8P2S2. The molecule has 15 nitrogen and oxygen atoms in total. The molecule has 0 radical (unpaired) electrons. The molecule has 1 amide bonds. The number of alkyl halides is 1. The predicted octanol–water partition coefficient (Wildman–Crippen LogP) is 3.75.